The molecule has 202 valence electrons. The summed E-state index contributed by atoms with van der Waals surface area (Å²) in [6, 6.07) is 12.4. The quantitative estimate of drug-likeness (QED) is 0.281. The van der Waals surface area contributed by atoms with Gasteiger partial charge in [-0.05, 0) is 81.4 Å². The molecule has 0 saturated carbocycles. The van der Waals surface area contributed by atoms with Gasteiger partial charge in [-0.1, -0.05) is 0 Å². The van der Waals surface area contributed by atoms with Crippen LogP contribution >= 0.6 is 0 Å². The van der Waals surface area contributed by atoms with Gasteiger partial charge in [-0.3, -0.25) is 14.1 Å². The van der Waals surface area contributed by atoms with Crippen LogP contribution in [-0.2, 0) is 4.79 Å². The lowest BCUT2D eigenvalue weighted by Gasteiger charge is -2.15. The minimum absolute atomic E-state index is 0.0689. The van der Waals surface area contributed by atoms with Crippen LogP contribution in [0.5, 0.6) is 11.6 Å². The summed E-state index contributed by atoms with van der Waals surface area (Å²) in [5.41, 5.74) is 3.39. The van der Waals surface area contributed by atoms with Crippen molar-refractivity contribution in [3.63, 3.8) is 0 Å². The average Bonchev–Trinajstić information content (AvgIpc) is 3.58. The first kappa shape index (κ1) is 25.3. The number of hydrogen-bond donors (Lipinski definition) is 2. The van der Waals surface area contributed by atoms with Crippen LogP contribution in [0, 0.1) is 6.92 Å². The van der Waals surface area contributed by atoms with Crippen molar-refractivity contribution in [2.45, 2.75) is 25.8 Å². The fourth-order valence-corrected chi connectivity index (χ4v) is 4.67. The van der Waals surface area contributed by atoms with Crippen LogP contribution in [0.15, 0.2) is 73.3 Å². The maximum Gasteiger partial charge on any atom is 0.284 e. The van der Waals surface area contributed by atoms with E-state index in [-0.39, 0.29) is 6.04 Å². The summed E-state index contributed by atoms with van der Waals surface area (Å²) in [6.07, 6.45) is 7.82. The molecule has 3 aromatic heterocycles. The molecule has 0 spiro atoms. The van der Waals surface area contributed by atoms with E-state index in [1.54, 1.807) is 41.3 Å². The number of carbonyl (C=O) groups excluding carboxylic acids is 1. The highest BCUT2D eigenvalue weighted by Crippen LogP contribution is 2.30. The topological polar surface area (TPSA) is 122 Å². The normalized spacial score (nSPS) is 16.0. The number of rotatable bonds is 7. The lowest BCUT2D eigenvalue weighted by molar-refractivity contribution is -0.114. The van der Waals surface area contributed by atoms with Gasteiger partial charge in [0.2, 0.25) is 5.88 Å². The van der Waals surface area contributed by atoms with Gasteiger partial charge in [0.1, 0.15) is 30.5 Å². The zero-order valence-electron chi connectivity index (χ0n) is 21.9. The second kappa shape index (κ2) is 10.7. The van der Waals surface area contributed by atoms with E-state index in [1.165, 1.54) is 12.4 Å². The highest BCUT2D eigenvalue weighted by molar-refractivity contribution is 6.04. The number of nitrogens with one attached hydrogen (secondary N) is 2. The number of aromatic nitrogens is 6. The minimum Gasteiger partial charge on any atom is -0.439 e. The third kappa shape index (κ3) is 5.29. The number of ether oxygens (including phenoxy) is 1. The molecule has 0 radical (unpaired) electrons. The Morgan fingerprint density at radius 1 is 1.10 bits per heavy atom. The summed E-state index contributed by atoms with van der Waals surface area (Å²) in [7, 11) is 1.93. The Balaban J connectivity index is 1.19. The van der Waals surface area contributed by atoms with Crippen LogP contribution < -0.4 is 15.4 Å². The Bertz CT molecular complexity index is 1750. The largest absolute Gasteiger partial charge is 0.439 e. The SMILES string of the molecule is Cc1cc(Nc2ncnc3ccc(NC(=O)/C(F)=C/[C@H]4CCCN4C)cc23)ccc1Oc1cc2nncn2cn1. The van der Waals surface area contributed by atoms with Crippen molar-refractivity contribution in [2.24, 2.45) is 0 Å². The highest BCUT2D eigenvalue weighted by atomic mass is 19.1. The van der Waals surface area contributed by atoms with E-state index in [0.717, 1.165) is 30.6 Å². The predicted molar refractivity (Wildman–Crippen MR) is 148 cm³/mol. The fourth-order valence-electron chi connectivity index (χ4n) is 4.67. The first-order chi connectivity index (χ1) is 19.4. The highest BCUT2D eigenvalue weighted by Gasteiger charge is 2.21. The van der Waals surface area contributed by atoms with Crippen LogP contribution in [0.1, 0.15) is 18.4 Å². The lowest BCUT2D eigenvalue weighted by Crippen LogP contribution is -2.24. The summed E-state index contributed by atoms with van der Waals surface area (Å²) in [5.74, 6) is 0.00277. The van der Waals surface area contributed by atoms with E-state index in [4.69, 9.17) is 4.74 Å². The van der Waals surface area contributed by atoms with Crippen molar-refractivity contribution in [3.8, 4) is 11.6 Å². The van der Waals surface area contributed by atoms with E-state index in [1.807, 2.05) is 37.1 Å². The third-order valence-electron chi connectivity index (χ3n) is 6.84. The predicted octanol–water partition coefficient (Wildman–Crippen LogP) is 4.80. The Morgan fingerprint density at radius 2 is 1.98 bits per heavy atom. The van der Waals surface area contributed by atoms with Gasteiger partial charge in [0, 0.05) is 28.9 Å². The number of hydrogen-bond acceptors (Lipinski definition) is 9. The number of benzene rings is 2. The molecule has 2 aromatic carbocycles. The molecule has 1 amide bonds. The number of likely N-dealkylation sites (N-methyl/N-ethyl adjacent to an activating group) is 1. The van der Waals surface area contributed by atoms with E-state index in [9.17, 15) is 9.18 Å². The summed E-state index contributed by atoms with van der Waals surface area (Å²) in [4.78, 5) is 27.6. The summed E-state index contributed by atoms with van der Waals surface area (Å²) < 4.78 is 22.3. The van der Waals surface area contributed by atoms with Gasteiger partial charge in [-0.2, -0.15) is 0 Å². The third-order valence-corrected chi connectivity index (χ3v) is 6.84. The Labute approximate surface area is 228 Å². The van der Waals surface area contributed by atoms with Crippen LogP contribution in [0.25, 0.3) is 16.6 Å². The number of carbonyl (C=O) groups is 1. The molecule has 0 aliphatic carbocycles. The second-order valence-electron chi connectivity index (χ2n) is 9.64. The lowest BCUT2D eigenvalue weighted by atomic mass is 10.1. The smallest absolute Gasteiger partial charge is 0.284 e. The molecule has 6 rings (SSSR count). The van der Waals surface area contributed by atoms with Crippen LogP contribution in [0.3, 0.4) is 0 Å². The number of amides is 1. The first-order valence-electron chi connectivity index (χ1n) is 12.8. The monoisotopic (exact) mass is 539 g/mol. The van der Waals surface area contributed by atoms with Gasteiger partial charge < -0.3 is 15.4 Å². The molecule has 0 unspecified atom stereocenters. The Hall–Kier alpha value is -4.97. The maximum atomic E-state index is 14.6. The molecule has 11 nitrogen and oxygen atoms in total. The minimum atomic E-state index is -0.795. The van der Waals surface area contributed by atoms with Gasteiger partial charge in [0.05, 0.1) is 5.52 Å². The van der Waals surface area contributed by atoms with E-state index >= 15 is 0 Å². The Morgan fingerprint density at radius 3 is 2.80 bits per heavy atom. The molecule has 0 bridgehead atoms. The van der Waals surface area contributed by atoms with Gasteiger partial charge in [0.15, 0.2) is 11.5 Å². The number of aryl methyl sites for hydroxylation is 1. The summed E-state index contributed by atoms with van der Waals surface area (Å²) in [5, 5.41) is 14.5. The maximum absolute atomic E-state index is 14.6. The van der Waals surface area contributed by atoms with Gasteiger partial charge in [-0.25, -0.2) is 19.3 Å². The molecule has 4 heterocycles. The fraction of sp³-hybridized carbons (Fsp3) is 0.214. The van der Waals surface area contributed by atoms with Crippen molar-refractivity contribution in [2.75, 3.05) is 24.2 Å². The molecule has 2 N–H and O–H groups in total. The first-order valence-corrected chi connectivity index (χ1v) is 12.8. The van der Waals surface area contributed by atoms with Gasteiger partial charge in [0.25, 0.3) is 5.91 Å². The zero-order chi connectivity index (χ0) is 27.6. The number of fused-ring (bicyclic) bond motifs is 2. The zero-order valence-corrected chi connectivity index (χ0v) is 21.9. The number of likely N-dealkylation sites (tertiary alicyclic amines) is 1. The van der Waals surface area contributed by atoms with E-state index < -0.39 is 11.7 Å². The van der Waals surface area contributed by atoms with E-state index in [2.05, 4.69) is 35.8 Å². The van der Waals surface area contributed by atoms with Crippen LogP contribution in [-0.4, -0.2) is 60.0 Å². The molecule has 1 atom stereocenters. The van der Waals surface area contributed by atoms with Crippen LogP contribution in [0.2, 0.25) is 0 Å². The molecule has 1 aliphatic rings. The summed E-state index contributed by atoms with van der Waals surface area (Å²) >= 11 is 0. The molecule has 5 aromatic rings. The molecule has 12 heteroatoms. The molecule has 40 heavy (non-hydrogen) atoms. The van der Waals surface area contributed by atoms with Gasteiger partial charge in [-0.15, -0.1) is 10.2 Å². The van der Waals surface area contributed by atoms with Crippen molar-refractivity contribution in [1.82, 2.24) is 34.4 Å². The second-order valence-corrected chi connectivity index (χ2v) is 9.64. The number of anilines is 3. The van der Waals surface area contributed by atoms with Crippen molar-refractivity contribution in [1.29, 1.82) is 0 Å². The number of halogens is 1. The molecular weight excluding hydrogens is 513 g/mol. The van der Waals surface area contributed by atoms with Gasteiger partial charge >= 0.3 is 0 Å². The molecular formula is C28H26FN9O2. The average molecular weight is 540 g/mol. The molecule has 1 saturated heterocycles. The van der Waals surface area contributed by atoms with Crippen molar-refractivity contribution < 1.29 is 13.9 Å². The van der Waals surface area contributed by atoms with Crippen molar-refractivity contribution in [3.05, 3.63) is 78.9 Å². The standard InChI is InChI=1S/C28H26FN9O2/c1-17-10-18(6-8-24(17)40-26-13-25-36-33-16-38(25)15-32-26)34-27-21-11-19(5-7-23(21)30-14-31-27)35-28(39)22(29)12-20-4-3-9-37(20)2/h5-8,10-16,20H,3-4,9H2,1-2H3,(H,35,39)(H,30,31,34)/b22-12-/t20-/m1/s1. The summed E-state index contributed by atoms with van der Waals surface area (Å²) in [6.45, 7) is 2.82. The molecule has 1 fully saturated rings. The number of nitrogens with zero attached hydrogens (tertiary/aromatic N) is 7. The van der Waals surface area contributed by atoms with Crippen molar-refractivity contribution >= 4 is 39.6 Å². The van der Waals surface area contributed by atoms with Crippen LogP contribution in [0.4, 0.5) is 21.6 Å². The Kier molecular flexibility index (Phi) is 6.74. The van der Waals surface area contributed by atoms with E-state index in [0.29, 0.717) is 39.7 Å². The molecule has 1 aliphatic heterocycles.